The number of rotatable bonds is 5. The maximum absolute atomic E-state index is 10.2. The molecule has 0 aliphatic heterocycles. The highest BCUT2D eigenvalue weighted by Crippen LogP contribution is 2.07. The number of allylic oxidation sites excluding steroid dienone is 1. The largest absolute Gasteiger partial charge is 0.385 e. The molecule has 0 bridgehead atoms. The van der Waals surface area contributed by atoms with Gasteiger partial charge in [-0.1, -0.05) is 30.3 Å². The molecule has 0 saturated heterocycles. The lowest BCUT2D eigenvalue weighted by atomic mass is 10.1. The molecule has 0 spiro atoms. The number of carbonyl (C=O) groups is 1. The van der Waals surface area contributed by atoms with E-state index in [-0.39, 0.29) is 0 Å². The van der Waals surface area contributed by atoms with E-state index in [1.807, 2.05) is 30.3 Å². The molecular formula is C12H14O2. The molecule has 1 aromatic rings. The summed E-state index contributed by atoms with van der Waals surface area (Å²) in [5.41, 5.74) is 2.15. The zero-order valence-electron chi connectivity index (χ0n) is 8.02. The van der Waals surface area contributed by atoms with Gasteiger partial charge in [0.05, 0.1) is 0 Å². The second kappa shape index (κ2) is 5.35. The zero-order valence-corrected chi connectivity index (χ0v) is 8.02. The third-order valence-electron chi connectivity index (χ3n) is 2.00. The minimum atomic E-state index is -0.889. The average Bonchev–Trinajstić information content (AvgIpc) is 2.21. The van der Waals surface area contributed by atoms with E-state index >= 15 is 0 Å². The van der Waals surface area contributed by atoms with Crippen LogP contribution in [0.4, 0.5) is 0 Å². The van der Waals surface area contributed by atoms with Gasteiger partial charge in [0.1, 0.15) is 12.4 Å². The van der Waals surface area contributed by atoms with Crippen molar-refractivity contribution >= 4 is 6.29 Å². The van der Waals surface area contributed by atoms with E-state index in [0.717, 1.165) is 12.0 Å². The molecule has 0 amide bonds. The summed E-state index contributed by atoms with van der Waals surface area (Å²) in [5, 5.41) is 9.10. The third-order valence-corrected chi connectivity index (χ3v) is 2.00. The molecule has 0 heterocycles. The summed E-state index contributed by atoms with van der Waals surface area (Å²) >= 11 is 0. The Labute approximate surface area is 83.9 Å². The SMILES string of the molecule is C=CCc1ccc(CC(O)C=O)cc1. The molecule has 1 atom stereocenters. The molecule has 0 aliphatic carbocycles. The van der Waals surface area contributed by atoms with Crippen LogP contribution in [0.15, 0.2) is 36.9 Å². The monoisotopic (exact) mass is 190 g/mol. The van der Waals surface area contributed by atoms with Crippen molar-refractivity contribution in [2.45, 2.75) is 18.9 Å². The lowest BCUT2D eigenvalue weighted by Crippen LogP contribution is -2.11. The minimum absolute atomic E-state index is 0.387. The molecule has 74 valence electrons. The van der Waals surface area contributed by atoms with Crippen LogP contribution in [0.5, 0.6) is 0 Å². The minimum Gasteiger partial charge on any atom is -0.385 e. The Balaban J connectivity index is 2.63. The molecular weight excluding hydrogens is 176 g/mol. The van der Waals surface area contributed by atoms with Gasteiger partial charge in [-0.3, -0.25) is 0 Å². The smallest absolute Gasteiger partial charge is 0.148 e. The second-order valence-electron chi connectivity index (χ2n) is 3.22. The molecule has 1 aromatic carbocycles. The molecule has 2 nitrogen and oxygen atoms in total. The van der Waals surface area contributed by atoms with Gasteiger partial charge < -0.3 is 9.90 Å². The van der Waals surface area contributed by atoms with E-state index in [4.69, 9.17) is 5.11 Å². The molecule has 0 fully saturated rings. The van der Waals surface area contributed by atoms with E-state index in [1.54, 1.807) is 0 Å². The first-order chi connectivity index (χ1) is 6.76. The summed E-state index contributed by atoms with van der Waals surface area (Å²) in [4.78, 5) is 10.2. The van der Waals surface area contributed by atoms with Crippen LogP contribution in [0, 0.1) is 0 Å². The maximum Gasteiger partial charge on any atom is 0.148 e. The molecule has 1 rings (SSSR count). The van der Waals surface area contributed by atoms with Crippen LogP contribution in [0.2, 0.25) is 0 Å². The van der Waals surface area contributed by atoms with E-state index in [9.17, 15) is 4.79 Å². The van der Waals surface area contributed by atoms with Gasteiger partial charge in [-0.15, -0.1) is 6.58 Å². The normalized spacial score (nSPS) is 12.1. The van der Waals surface area contributed by atoms with Crippen molar-refractivity contribution in [3.8, 4) is 0 Å². The van der Waals surface area contributed by atoms with Gasteiger partial charge in [-0.25, -0.2) is 0 Å². The molecule has 1 unspecified atom stereocenters. The van der Waals surface area contributed by atoms with Crippen LogP contribution in [-0.2, 0) is 17.6 Å². The van der Waals surface area contributed by atoms with Crippen LogP contribution in [0.1, 0.15) is 11.1 Å². The predicted molar refractivity (Wildman–Crippen MR) is 56.1 cm³/mol. The first-order valence-electron chi connectivity index (χ1n) is 4.58. The van der Waals surface area contributed by atoms with E-state index in [1.165, 1.54) is 5.56 Å². The van der Waals surface area contributed by atoms with Gasteiger partial charge in [0, 0.05) is 6.42 Å². The van der Waals surface area contributed by atoms with Crippen molar-refractivity contribution in [3.63, 3.8) is 0 Å². The molecule has 0 saturated carbocycles. The summed E-state index contributed by atoms with van der Waals surface area (Å²) in [7, 11) is 0. The van der Waals surface area contributed by atoms with Crippen molar-refractivity contribution in [1.29, 1.82) is 0 Å². The topological polar surface area (TPSA) is 37.3 Å². The fraction of sp³-hybridized carbons (Fsp3) is 0.250. The summed E-state index contributed by atoms with van der Waals surface area (Å²) in [6, 6.07) is 7.81. The van der Waals surface area contributed by atoms with Gasteiger partial charge in [0.15, 0.2) is 0 Å². The predicted octanol–water partition coefficient (Wildman–Crippen LogP) is 1.52. The first-order valence-corrected chi connectivity index (χ1v) is 4.58. The summed E-state index contributed by atoms with van der Waals surface area (Å²) in [6.07, 6.45) is 2.74. The van der Waals surface area contributed by atoms with Crippen molar-refractivity contribution in [1.82, 2.24) is 0 Å². The molecule has 1 N–H and O–H groups in total. The van der Waals surface area contributed by atoms with Crippen LogP contribution in [0.3, 0.4) is 0 Å². The van der Waals surface area contributed by atoms with Crippen LogP contribution >= 0.6 is 0 Å². The number of hydrogen-bond acceptors (Lipinski definition) is 2. The second-order valence-corrected chi connectivity index (χ2v) is 3.22. The van der Waals surface area contributed by atoms with Gasteiger partial charge in [0.25, 0.3) is 0 Å². The van der Waals surface area contributed by atoms with Crippen LogP contribution < -0.4 is 0 Å². The van der Waals surface area contributed by atoms with Gasteiger partial charge in [0.2, 0.25) is 0 Å². The fourth-order valence-electron chi connectivity index (χ4n) is 1.27. The maximum atomic E-state index is 10.2. The van der Waals surface area contributed by atoms with Gasteiger partial charge >= 0.3 is 0 Å². The molecule has 0 aromatic heterocycles. The van der Waals surface area contributed by atoms with E-state index < -0.39 is 6.10 Å². The summed E-state index contributed by atoms with van der Waals surface area (Å²) < 4.78 is 0. The Morgan fingerprint density at radius 3 is 2.36 bits per heavy atom. The highest BCUT2D eigenvalue weighted by molar-refractivity contribution is 5.56. The average molecular weight is 190 g/mol. The number of benzene rings is 1. The highest BCUT2D eigenvalue weighted by atomic mass is 16.3. The standard InChI is InChI=1S/C12H14O2/c1-2-3-10-4-6-11(7-5-10)8-12(14)9-13/h2,4-7,9,12,14H,1,3,8H2. The Kier molecular flexibility index (Phi) is 4.08. The van der Waals surface area contributed by atoms with Crippen molar-refractivity contribution in [2.75, 3.05) is 0 Å². The van der Waals surface area contributed by atoms with E-state index in [2.05, 4.69) is 6.58 Å². The lowest BCUT2D eigenvalue weighted by Gasteiger charge is -2.04. The van der Waals surface area contributed by atoms with E-state index in [0.29, 0.717) is 12.7 Å². The molecule has 2 heteroatoms. The molecule has 0 radical (unpaired) electrons. The third kappa shape index (κ3) is 3.15. The number of aliphatic hydroxyl groups is 1. The molecule has 14 heavy (non-hydrogen) atoms. The number of aliphatic hydroxyl groups excluding tert-OH is 1. The lowest BCUT2D eigenvalue weighted by molar-refractivity contribution is -0.114. The Hall–Kier alpha value is -1.41. The van der Waals surface area contributed by atoms with Crippen molar-refractivity contribution in [2.24, 2.45) is 0 Å². The number of carbonyl (C=O) groups excluding carboxylic acids is 1. The Bertz CT molecular complexity index is 301. The number of aldehydes is 1. The zero-order chi connectivity index (χ0) is 10.4. The fourth-order valence-corrected chi connectivity index (χ4v) is 1.27. The quantitative estimate of drug-likeness (QED) is 0.564. The summed E-state index contributed by atoms with van der Waals surface area (Å²) in [6.45, 7) is 3.65. The first kappa shape index (κ1) is 10.7. The number of hydrogen-bond donors (Lipinski definition) is 1. The van der Waals surface area contributed by atoms with Gasteiger partial charge in [-0.2, -0.15) is 0 Å². The summed E-state index contributed by atoms with van der Waals surface area (Å²) in [5.74, 6) is 0. The van der Waals surface area contributed by atoms with Crippen LogP contribution in [-0.4, -0.2) is 17.5 Å². The van der Waals surface area contributed by atoms with Crippen molar-refractivity contribution in [3.05, 3.63) is 48.0 Å². The molecule has 0 aliphatic rings. The van der Waals surface area contributed by atoms with Crippen LogP contribution in [0.25, 0.3) is 0 Å². The van der Waals surface area contributed by atoms with Crippen molar-refractivity contribution < 1.29 is 9.90 Å². The Morgan fingerprint density at radius 2 is 1.86 bits per heavy atom. The highest BCUT2D eigenvalue weighted by Gasteiger charge is 2.02. The Morgan fingerprint density at radius 1 is 1.29 bits per heavy atom. The van der Waals surface area contributed by atoms with Gasteiger partial charge in [-0.05, 0) is 17.5 Å².